The zero-order valence-electron chi connectivity index (χ0n) is 10.5. The highest BCUT2D eigenvalue weighted by atomic mass is 16.6. The molecule has 2 heterocycles. The summed E-state index contributed by atoms with van der Waals surface area (Å²) in [6.07, 6.45) is 2.54. The number of carbonyl (C=O) groups is 1. The van der Waals surface area contributed by atoms with Crippen molar-refractivity contribution in [2.75, 3.05) is 12.3 Å². The number of nitrogens with zero attached hydrogens (tertiary/aromatic N) is 4. The van der Waals surface area contributed by atoms with Crippen LogP contribution in [0.4, 0.5) is 11.5 Å². The van der Waals surface area contributed by atoms with Gasteiger partial charge in [-0.2, -0.15) is 5.10 Å². The van der Waals surface area contributed by atoms with E-state index in [0.29, 0.717) is 0 Å². The number of aromatic nitrogens is 3. The monoisotopic (exact) mass is 277 g/mol. The molecule has 0 atom stereocenters. The number of carbonyl (C=O) groups excluding carboxylic acids is 1. The Morgan fingerprint density at radius 3 is 2.95 bits per heavy atom. The van der Waals surface area contributed by atoms with Gasteiger partial charge < -0.3 is 10.5 Å². The van der Waals surface area contributed by atoms with Crippen molar-refractivity contribution in [3.05, 3.63) is 40.2 Å². The van der Waals surface area contributed by atoms with Crippen LogP contribution >= 0.6 is 0 Å². The van der Waals surface area contributed by atoms with E-state index in [1.165, 1.54) is 24.5 Å². The topological polar surface area (TPSA) is 126 Å². The van der Waals surface area contributed by atoms with E-state index in [-0.39, 0.29) is 29.5 Å². The molecule has 0 bridgehead atoms. The molecule has 0 aromatic carbocycles. The first-order chi connectivity index (χ1) is 9.52. The van der Waals surface area contributed by atoms with Crippen LogP contribution in [0.5, 0.6) is 0 Å². The van der Waals surface area contributed by atoms with Crippen LogP contribution in [-0.2, 0) is 4.74 Å². The van der Waals surface area contributed by atoms with Gasteiger partial charge in [-0.3, -0.25) is 10.1 Å². The molecule has 0 saturated heterocycles. The number of nitro groups is 1. The van der Waals surface area contributed by atoms with Crippen LogP contribution in [0.1, 0.15) is 17.3 Å². The summed E-state index contributed by atoms with van der Waals surface area (Å²) in [4.78, 5) is 25.7. The van der Waals surface area contributed by atoms with Crippen molar-refractivity contribution in [1.29, 1.82) is 0 Å². The Morgan fingerprint density at radius 1 is 1.55 bits per heavy atom. The van der Waals surface area contributed by atoms with Gasteiger partial charge in [0.25, 0.3) is 0 Å². The van der Waals surface area contributed by atoms with Crippen LogP contribution in [0.25, 0.3) is 5.82 Å². The van der Waals surface area contributed by atoms with Crippen molar-refractivity contribution in [1.82, 2.24) is 14.8 Å². The molecule has 0 saturated carbocycles. The summed E-state index contributed by atoms with van der Waals surface area (Å²) in [6.45, 7) is 1.90. The SMILES string of the molecule is CCOC(=O)c1cnn(-c2nc(N)ccc2[N+](=O)[O-])c1. The lowest BCUT2D eigenvalue weighted by molar-refractivity contribution is -0.384. The average molecular weight is 277 g/mol. The third kappa shape index (κ3) is 2.55. The predicted molar refractivity (Wildman–Crippen MR) is 68.4 cm³/mol. The molecule has 9 heteroatoms. The molecule has 2 N–H and O–H groups in total. The number of esters is 1. The fourth-order valence-corrected chi connectivity index (χ4v) is 1.53. The molecule has 0 unspecified atom stereocenters. The second-order valence-corrected chi connectivity index (χ2v) is 3.73. The van der Waals surface area contributed by atoms with Gasteiger partial charge in [-0.05, 0) is 13.0 Å². The average Bonchev–Trinajstić information content (AvgIpc) is 2.88. The normalized spacial score (nSPS) is 10.2. The standard InChI is InChI=1S/C11H11N5O4/c1-2-20-11(17)7-5-13-15(6-7)10-8(16(18)19)3-4-9(12)14-10/h3-6H,2H2,1H3,(H2,12,14). The molecule has 0 radical (unpaired) electrons. The number of pyridine rings is 1. The van der Waals surface area contributed by atoms with E-state index in [4.69, 9.17) is 10.5 Å². The summed E-state index contributed by atoms with van der Waals surface area (Å²) in [5.74, 6) is -0.519. The molecule has 0 aliphatic heterocycles. The fraction of sp³-hybridized carbons (Fsp3) is 0.182. The molecule has 2 rings (SSSR count). The van der Waals surface area contributed by atoms with Crippen LogP contribution in [0.3, 0.4) is 0 Å². The lowest BCUT2D eigenvalue weighted by atomic mass is 10.3. The molecule has 2 aromatic rings. The summed E-state index contributed by atoms with van der Waals surface area (Å²) in [5, 5.41) is 14.8. The summed E-state index contributed by atoms with van der Waals surface area (Å²) in [5.41, 5.74) is 5.42. The first-order valence-electron chi connectivity index (χ1n) is 5.66. The molecular weight excluding hydrogens is 266 g/mol. The zero-order chi connectivity index (χ0) is 14.7. The summed E-state index contributed by atoms with van der Waals surface area (Å²) < 4.78 is 5.92. The number of hydrogen-bond acceptors (Lipinski definition) is 7. The molecular formula is C11H11N5O4. The molecule has 9 nitrogen and oxygen atoms in total. The maximum Gasteiger partial charge on any atom is 0.341 e. The van der Waals surface area contributed by atoms with Crippen LogP contribution in [0.15, 0.2) is 24.5 Å². The minimum atomic E-state index is -0.604. The highest BCUT2D eigenvalue weighted by molar-refractivity contribution is 5.88. The quantitative estimate of drug-likeness (QED) is 0.500. The lowest BCUT2D eigenvalue weighted by Crippen LogP contribution is -2.06. The number of nitrogens with two attached hydrogens (primary N) is 1. The minimum absolute atomic E-state index is 0.0643. The van der Waals surface area contributed by atoms with Gasteiger partial charge in [0.15, 0.2) is 0 Å². The Morgan fingerprint density at radius 2 is 2.30 bits per heavy atom. The number of anilines is 1. The maximum absolute atomic E-state index is 11.5. The van der Waals surface area contributed by atoms with E-state index in [9.17, 15) is 14.9 Å². The first kappa shape index (κ1) is 13.5. The van der Waals surface area contributed by atoms with E-state index in [1.54, 1.807) is 6.92 Å². The second-order valence-electron chi connectivity index (χ2n) is 3.73. The molecule has 20 heavy (non-hydrogen) atoms. The summed E-state index contributed by atoms with van der Waals surface area (Å²) in [7, 11) is 0. The van der Waals surface area contributed by atoms with E-state index in [0.717, 1.165) is 4.68 Å². The Balaban J connectivity index is 2.44. The third-order valence-electron chi connectivity index (χ3n) is 2.38. The van der Waals surface area contributed by atoms with Gasteiger partial charge in [-0.1, -0.05) is 0 Å². The number of hydrogen-bond donors (Lipinski definition) is 1. The van der Waals surface area contributed by atoms with Gasteiger partial charge in [0.05, 0.1) is 23.3 Å². The van der Waals surface area contributed by atoms with Crippen molar-refractivity contribution in [2.45, 2.75) is 6.92 Å². The van der Waals surface area contributed by atoms with Gasteiger partial charge in [0.1, 0.15) is 5.82 Å². The Labute approximate surface area is 113 Å². The van der Waals surface area contributed by atoms with Gasteiger partial charge in [-0.25, -0.2) is 14.5 Å². The van der Waals surface area contributed by atoms with Crippen molar-refractivity contribution in [3.8, 4) is 5.82 Å². The Kier molecular flexibility index (Phi) is 3.60. The van der Waals surface area contributed by atoms with Gasteiger partial charge >= 0.3 is 11.7 Å². The molecule has 0 fully saturated rings. The third-order valence-corrected chi connectivity index (χ3v) is 2.38. The molecule has 0 aliphatic carbocycles. The van der Waals surface area contributed by atoms with Crippen LogP contribution in [0.2, 0.25) is 0 Å². The molecule has 2 aromatic heterocycles. The van der Waals surface area contributed by atoms with E-state index >= 15 is 0 Å². The van der Waals surface area contributed by atoms with Crippen molar-refractivity contribution < 1.29 is 14.5 Å². The second kappa shape index (κ2) is 5.34. The first-order valence-corrected chi connectivity index (χ1v) is 5.66. The Bertz CT molecular complexity index is 667. The summed E-state index contributed by atoms with van der Waals surface area (Å²) >= 11 is 0. The predicted octanol–water partition coefficient (Wildman–Crippen LogP) is 0.934. The highest BCUT2D eigenvalue weighted by Crippen LogP contribution is 2.21. The van der Waals surface area contributed by atoms with Crippen LogP contribution in [0, 0.1) is 10.1 Å². The van der Waals surface area contributed by atoms with Crippen molar-refractivity contribution >= 4 is 17.5 Å². The van der Waals surface area contributed by atoms with E-state index in [2.05, 4.69) is 10.1 Å². The fourth-order valence-electron chi connectivity index (χ4n) is 1.53. The summed E-state index contributed by atoms with van der Waals surface area (Å²) in [6, 6.07) is 2.54. The molecule has 104 valence electrons. The highest BCUT2D eigenvalue weighted by Gasteiger charge is 2.19. The van der Waals surface area contributed by atoms with Crippen molar-refractivity contribution in [3.63, 3.8) is 0 Å². The molecule has 0 aliphatic rings. The number of rotatable bonds is 4. The molecule has 0 amide bonds. The van der Waals surface area contributed by atoms with Crippen LogP contribution < -0.4 is 5.73 Å². The van der Waals surface area contributed by atoms with E-state index < -0.39 is 10.9 Å². The van der Waals surface area contributed by atoms with Gasteiger partial charge in [0.2, 0.25) is 5.82 Å². The maximum atomic E-state index is 11.5. The Hall–Kier alpha value is -2.97. The largest absolute Gasteiger partial charge is 0.462 e. The van der Waals surface area contributed by atoms with Gasteiger partial charge in [0, 0.05) is 12.3 Å². The number of nitrogen functional groups attached to an aromatic ring is 1. The van der Waals surface area contributed by atoms with Crippen molar-refractivity contribution in [2.24, 2.45) is 0 Å². The zero-order valence-corrected chi connectivity index (χ0v) is 10.5. The van der Waals surface area contributed by atoms with Gasteiger partial charge in [-0.15, -0.1) is 0 Å². The lowest BCUT2D eigenvalue weighted by Gasteiger charge is -2.02. The minimum Gasteiger partial charge on any atom is -0.462 e. The smallest absolute Gasteiger partial charge is 0.341 e. The van der Waals surface area contributed by atoms with E-state index in [1.807, 2.05) is 0 Å². The van der Waals surface area contributed by atoms with Crippen LogP contribution in [-0.4, -0.2) is 32.3 Å². The molecule has 0 spiro atoms. The number of ether oxygens (including phenoxy) is 1.